The molecule has 122 valence electrons. The van der Waals surface area contributed by atoms with Crippen molar-refractivity contribution in [3.63, 3.8) is 0 Å². The normalized spacial score (nSPS) is 15.0. The van der Waals surface area contributed by atoms with Gasteiger partial charge in [-0.3, -0.25) is 9.69 Å². The topological polar surface area (TPSA) is 49.0 Å². The van der Waals surface area contributed by atoms with Gasteiger partial charge in [-0.25, -0.2) is 4.98 Å². The van der Waals surface area contributed by atoms with Crippen LogP contribution in [0.2, 0.25) is 5.02 Å². The van der Waals surface area contributed by atoms with Crippen LogP contribution in [-0.4, -0.2) is 21.4 Å². The van der Waals surface area contributed by atoms with Crippen LogP contribution >= 0.6 is 11.6 Å². The first-order valence-electron chi connectivity index (χ1n) is 8.03. The molecule has 0 amide bonds. The van der Waals surface area contributed by atoms with E-state index in [9.17, 15) is 4.79 Å². The van der Waals surface area contributed by atoms with Crippen molar-refractivity contribution in [2.45, 2.75) is 46.2 Å². The summed E-state index contributed by atoms with van der Waals surface area (Å²) in [6, 6.07) is 6.19. The Morgan fingerprint density at radius 1 is 1.39 bits per heavy atom. The van der Waals surface area contributed by atoms with Crippen molar-refractivity contribution in [1.29, 1.82) is 0 Å². The molecule has 0 unspecified atom stereocenters. The zero-order valence-electron chi connectivity index (χ0n) is 13.8. The standard InChI is InChI=1S/C18H22ClN3O/c1-11(2)17-20-16-10-22(7-6-14(16)18(23)21-17)9-13-5-4-12(3)15(19)8-13/h4-5,8,11H,6-7,9-10H2,1-3H3,(H,20,21,23). The second kappa shape index (κ2) is 6.46. The summed E-state index contributed by atoms with van der Waals surface area (Å²) in [5.41, 5.74) is 4.07. The van der Waals surface area contributed by atoms with Crippen LogP contribution < -0.4 is 5.56 Å². The number of nitrogens with one attached hydrogen (secondary N) is 1. The third-order valence-corrected chi connectivity index (χ3v) is 4.77. The van der Waals surface area contributed by atoms with E-state index in [2.05, 4.69) is 27.0 Å². The highest BCUT2D eigenvalue weighted by Crippen LogP contribution is 2.21. The van der Waals surface area contributed by atoms with Gasteiger partial charge in [0.2, 0.25) is 0 Å². The molecular formula is C18H22ClN3O. The minimum Gasteiger partial charge on any atom is -0.310 e. The Kier molecular flexibility index (Phi) is 4.55. The molecule has 1 N–H and O–H groups in total. The molecule has 0 spiro atoms. The number of benzene rings is 1. The number of aromatic nitrogens is 2. The molecule has 0 radical (unpaired) electrons. The van der Waals surface area contributed by atoms with Gasteiger partial charge in [0.1, 0.15) is 5.82 Å². The van der Waals surface area contributed by atoms with Crippen molar-refractivity contribution < 1.29 is 0 Å². The summed E-state index contributed by atoms with van der Waals surface area (Å²) in [6.07, 6.45) is 0.746. The zero-order valence-corrected chi connectivity index (χ0v) is 14.6. The fourth-order valence-electron chi connectivity index (χ4n) is 2.91. The highest BCUT2D eigenvalue weighted by molar-refractivity contribution is 6.31. The van der Waals surface area contributed by atoms with E-state index in [1.165, 1.54) is 5.56 Å². The van der Waals surface area contributed by atoms with Crippen LogP contribution in [0.25, 0.3) is 0 Å². The van der Waals surface area contributed by atoms with Crippen molar-refractivity contribution >= 4 is 11.6 Å². The van der Waals surface area contributed by atoms with Crippen molar-refractivity contribution in [2.75, 3.05) is 6.54 Å². The number of H-pyrrole nitrogens is 1. The summed E-state index contributed by atoms with van der Waals surface area (Å²) in [6.45, 7) is 8.49. The maximum Gasteiger partial charge on any atom is 0.254 e. The Labute approximate surface area is 141 Å². The van der Waals surface area contributed by atoms with E-state index in [-0.39, 0.29) is 11.5 Å². The lowest BCUT2D eigenvalue weighted by molar-refractivity contribution is 0.240. The third-order valence-electron chi connectivity index (χ3n) is 4.36. The summed E-state index contributed by atoms with van der Waals surface area (Å²) in [4.78, 5) is 22.1. The number of aromatic amines is 1. The molecule has 0 saturated carbocycles. The molecule has 5 heteroatoms. The van der Waals surface area contributed by atoms with E-state index >= 15 is 0 Å². The maximum absolute atomic E-state index is 12.2. The van der Waals surface area contributed by atoms with Gasteiger partial charge < -0.3 is 4.98 Å². The van der Waals surface area contributed by atoms with Crippen molar-refractivity contribution in [3.8, 4) is 0 Å². The molecule has 2 aromatic rings. The quantitative estimate of drug-likeness (QED) is 0.937. The molecule has 1 aliphatic heterocycles. The Balaban J connectivity index is 1.81. The number of nitrogens with zero attached hydrogens (tertiary/aromatic N) is 2. The summed E-state index contributed by atoms with van der Waals surface area (Å²) in [5, 5.41) is 0.802. The molecule has 1 aromatic heterocycles. The minimum absolute atomic E-state index is 0.0248. The number of hydrogen-bond acceptors (Lipinski definition) is 3. The molecule has 4 nitrogen and oxygen atoms in total. The minimum atomic E-state index is 0.0248. The Bertz CT molecular complexity index is 782. The number of halogens is 1. The Hall–Kier alpha value is -1.65. The van der Waals surface area contributed by atoms with Gasteiger partial charge in [-0.15, -0.1) is 0 Å². The molecular weight excluding hydrogens is 310 g/mol. The predicted octanol–water partition coefficient (Wildman–Crippen LogP) is 3.41. The average molecular weight is 332 g/mol. The summed E-state index contributed by atoms with van der Waals surface area (Å²) >= 11 is 6.21. The summed E-state index contributed by atoms with van der Waals surface area (Å²) < 4.78 is 0. The summed E-state index contributed by atoms with van der Waals surface area (Å²) in [5.74, 6) is 0.994. The van der Waals surface area contributed by atoms with E-state index in [0.717, 1.165) is 47.2 Å². The van der Waals surface area contributed by atoms with E-state index < -0.39 is 0 Å². The molecule has 0 bridgehead atoms. The number of fused-ring (bicyclic) bond motifs is 1. The van der Waals surface area contributed by atoms with Gasteiger partial charge in [-0.1, -0.05) is 37.6 Å². The van der Waals surface area contributed by atoms with Crippen molar-refractivity contribution in [3.05, 3.63) is 61.8 Å². The molecule has 0 atom stereocenters. The van der Waals surface area contributed by atoms with Gasteiger partial charge in [0.15, 0.2) is 0 Å². The van der Waals surface area contributed by atoms with E-state index in [4.69, 9.17) is 11.6 Å². The second-order valence-corrected chi connectivity index (χ2v) is 6.98. The van der Waals surface area contributed by atoms with Crippen molar-refractivity contribution in [1.82, 2.24) is 14.9 Å². The first-order valence-corrected chi connectivity index (χ1v) is 8.41. The van der Waals surface area contributed by atoms with Crippen LogP contribution in [0.3, 0.4) is 0 Å². The average Bonchev–Trinajstić information content (AvgIpc) is 2.50. The lowest BCUT2D eigenvalue weighted by Crippen LogP contribution is -2.35. The van der Waals surface area contributed by atoms with E-state index in [1.807, 2.05) is 26.8 Å². The van der Waals surface area contributed by atoms with Crippen LogP contribution in [-0.2, 0) is 19.5 Å². The largest absolute Gasteiger partial charge is 0.310 e. The Morgan fingerprint density at radius 2 is 2.17 bits per heavy atom. The zero-order chi connectivity index (χ0) is 16.6. The highest BCUT2D eigenvalue weighted by atomic mass is 35.5. The fraction of sp³-hybridized carbons (Fsp3) is 0.444. The van der Waals surface area contributed by atoms with Gasteiger partial charge in [0.05, 0.1) is 5.69 Å². The highest BCUT2D eigenvalue weighted by Gasteiger charge is 2.21. The first-order chi connectivity index (χ1) is 10.9. The summed E-state index contributed by atoms with van der Waals surface area (Å²) in [7, 11) is 0. The fourth-order valence-corrected chi connectivity index (χ4v) is 3.12. The van der Waals surface area contributed by atoms with Crippen LogP contribution in [0.1, 0.15) is 48.0 Å². The molecule has 1 aromatic carbocycles. The van der Waals surface area contributed by atoms with Gasteiger partial charge in [-0.05, 0) is 30.5 Å². The van der Waals surface area contributed by atoms with Crippen LogP contribution in [0, 0.1) is 6.92 Å². The first kappa shape index (κ1) is 16.2. The second-order valence-electron chi connectivity index (χ2n) is 6.58. The molecule has 0 aliphatic carbocycles. The Morgan fingerprint density at radius 3 is 2.87 bits per heavy atom. The third kappa shape index (κ3) is 3.48. The van der Waals surface area contributed by atoms with Crippen LogP contribution in [0.15, 0.2) is 23.0 Å². The molecule has 0 fully saturated rings. The lowest BCUT2D eigenvalue weighted by atomic mass is 10.0. The van der Waals surface area contributed by atoms with E-state index in [1.54, 1.807) is 0 Å². The molecule has 1 aliphatic rings. The van der Waals surface area contributed by atoms with E-state index in [0.29, 0.717) is 6.54 Å². The van der Waals surface area contributed by atoms with Gasteiger partial charge in [0, 0.05) is 36.1 Å². The van der Waals surface area contributed by atoms with Gasteiger partial charge in [-0.2, -0.15) is 0 Å². The SMILES string of the molecule is Cc1ccc(CN2CCc3c(nc(C(C)C)[nH]c3=O)C2)cc1Cl. The monoisotopic (exact) mass is 331 g/mol. The molecule has 2 heterocycles. The number of rotatable bonds is 3. The predicted molar refractivity (Wildman–Crippen MR) is 93.0 cm³/mol. The van der Waals surface area contributed by atoms with Crippen LogP contribution in [0.4, 0.5) is 0 Å². The van der Waals surface area contributed by atoms with Crippen LogP contribution in [0.5, 0.6) is 0 Å². The lowest BCUT2D eigenvalue weighted by Gasteiger charge is -2.28. The maximum atomic E-state index is 12.2. The molecule has 23 heavy (non-hydrogen) atoms. The smallest absolute Gasteiger partial charge is 0.254 e. The molecule has 3 rings (SSSR count). The number of aryl methyl sites for hydroxylation is 1. The van der Waals surface area contributed by atoms with Gasteiger partial charge >= 0.3 is 0 Å². The number of hydrogen-bond donors (Lipinski definition) is 1. The molecule has 0 saturated heterocycles. The van der Waals surface area contributed by atoms with Crippen molar-refractivity contribution in [2.24, 2.45) is 0 Å². The van der Waals surface area contributed by atoms with Gasteiger partial charge in [0.25, 0.3) is 5.56 Å².